The number of para-hydroxylation sites is 1. The summed E-state index contributed by atoms with van der Waals surface area (Å²) in [5.74, 6) is 1.98. The topological polar surface area (TPSA) is 60.5 Å². The van der Waals surface area contributed by atoms with Crippen molar-refractivity contribution in [3.05, 3.63) is 47.8 Å². The van der Waals surface area contributed by atoms with Crippen LogP contribution in [0.5, 0.6) is 23.0 Å². The van der Waals surface area contributed by atoms with E-state index in [1.807, 2.05) is 17.0 Å². The third kappa shape index (κ3) is 6.03. The van der Waals surface area contributed by atoms with Crippen molar-refractivity contribution in [2.45, 2.75) is 50.7 Å². The van der Waals surface area contributed by atoms with Crippen molar-refractivity contribution in [1.82, 2.24) is 9.80 Å². The average Bonchev–Trinajstić information content (AvgIpc) is 2.92. The summed E-state index contributed by atoms with van der Waals surface area (Å²) >= 11 is 0. The van der Waals surface area contributed by atoms with Gasteiger partial charge in [-0.2, -0.15) is 0 Å². The normalized spacial score (nSPS) is 17.6. The minimum atomic E-state index is -0.304. The van der Waals surface area contributed by atoms with Gasteiger partial charge in [-0.3, -0.25) is 9.69 Å². The zero-order valence-corrected chi connectivity index (χ0v) is 21.5. The van der Waals surface area contributed by atoms with Gasteiger partial charge in [0.1, 0.15) is 6.10 Å². The maximum Gasteiger partial charge on any atom is 0.222 e. The lowest BCUT2D eigenvalue weighted by atomic mass is 9.98. The highest BCUT2D eigenvalue weighted by Crippen LogP contribution is 2.40. The SMILES string of the molecule is COc1ccc(CCC(=O)N2CCC(N3CCC(Oc4ccccc4F)CC3)CC2)c(OC)c1OC. The number of benzene rings is 2. The van der Waals surface area contributed by atoms with Crippen LogP contribution < -0.4 is 18.9 Å². The first-order valence-corrected chi connectivity index (χ1v) is 12.7. The molecule has 36 heavy (non-hydrogen) atoms. The van der Waals surface area contributed by atoms with E-state index in [2.05, 4.69) is 4.90 Å². The first kappa shape index (κ1) is 26.1. The molecule has 2 fully saturated rings. The second-order valence-corrected chi connectivity index (χ2v) is 9.39. The summed E-state index contributed by atoms with van der Waals surface area (Å²) in [6, 6.07) is 10.9. The van der Waals surface area contributed by atoms with Crippen LogP contribution in [0.15, 0.2) is 36.4 Å². The van der Waals surface area contributed by atoms with Gasteiger partial charge in [0.2, 0.25) is 11.7 Å². The highest BCUT2D eigenvalue weighted by molar-refractivity contribution is 5.76. The Morgan fingerprint density at radius 2 is 1.56 bits per heavy atom. The minimum Gasteiger partial charge on any atom is -0.493 e. The number of carbonyl (C=O) groups excluding carboxylic acids is 1. The summed E-state index contributed by atoms with van der Waals surface area (Å²) in [6.45, 7) is 3.43. The number of hydrogen-bond acceptors (Lipinski definition) is 6. The Balaban J connectivity index is 1.22. The molecule has 2 saturated heterocycles. The summed E-state index contributed by atoms with van der Waals surface area (Å²) in [5.41, 5.74) is 0.929. The molecule has 0 radical (unpaired) electrons. The van der Waals surface area contributed by atoms with Crippen molar-refractivity contribution in [2.24, 2.45) is 0 Å². The Morgan fingerprint density at radius 3 is 2.19 bits per heavy atom. The smallest absolute Gasteiger partial charge is 0.222 e. The number of amides is 1. The molecule has 2 aliphatic rings. The number of likely N-dealkylation sites (tertiary alicyclic amines) is 2. The van der Waals surface area contributed by atoms with E-state index < -0.39 is 0 Å². The molecule has 0 spiro atoms. The molecule has 7 nitrogen and oxygen atoms in total. The molecule has 0 bridgehead atoms. The van der Waals surface area contributed by atoms with E-state index in [1.54, 1.807) is 39.5 Å². The van der Waals surface area contributed by atoms with Gasteiger partial charge in [0.25, 0.3) is 0 Å². The largest absolute Gasteiger partial charge is 0.493 e. The molecule has 8 heteroatoms. The molecular formula is C28H37FN2O5. The van der Waals surface area contributed by atoms with Crippen LogP contribution in [0, 0.1) is 5.82 Å². The van der Waals surface area contributed by atoms with Gasteiger partial charge < -0.3 is 23.8 Å². The number of nitrogens with zero attached hydrogens (tertiary/aromatic N) is 2. The summed E-state index contributed by atoms with van der Waals surface area (Å²) in [6.07, 6.45) is 4.79. The first-order valence-electron chi connectivity index (χ1n) is 12.7. The fourth-order valence-corrected chi connectivity index (χ4v) is 5.32. The van der Waals surface area contributed by atoms with Gasteiger partial charge in [-0.05, 0) is 55.9 Å². The molecule has 0 aliphatic carbocycles. The molecule has 196 valence electrons. The summed E-state index contributed by atoms with van der Waals surface area (Å²) < 4.78 is 36.1. The van der Waals surface area contributed by atoms with Gasteiger partial charge >= 0.3 is 0 Å². The van der Waals surface area contributed by atoms with E-state index in [1.165, 1.54) is 6.07 Å². The van der Waals surface area contributed by atoms with Crippen LogP contribution in [0.2, 0.25) is 0 Å². The fraction of sp³-hybridized carbons (Fsp3) is 0.536. The molecule has 0 unspecified atom stereocenters. The van der Waals surface area contributed by atoms with Gasteiger partial charge in [0.15, 0.2) is 23.1 Å². The lowest BCUT2D eigenvalue weighted by Crippen LogP contribution is -2.50. The van der Waals surface area contributed by atoms with Crippen LogP contribution in [0.25, 0.3) is 0 Å². The third-order valence-corrected chi connectivity index (χ3v) is 7.33. The number of rotatable bonds is 9. The van der Waals surface area contributed by atoms with Crippen LogP contribution in [0.3, 0.4) is 0 Å². The highest BCUT2D eigenvalue weighted by atomic mass is 19.1. The molecule has 0 aromatic heterocycles. The van der Waals surface area contributed by atoms with E-state index in [-0.39, 0.29) is 17.8 Å². The van der Waals surface area contributed by atoms with Crippen LogP contribution in [0.4, 0.5) is 4.39 Å². The van der Waals surface area contributed by atoms with E-state index in [9.17, 15) is 9.18 Å². The molecule has 0 N–H and O–H groups in total. The maximum absolute atomic E-state index is 13.9. The predicted octanol–water partition coefficient (Wildman–Crippen LogP) is 4.32. The molecule has 4 rings (SSSR count). The first-order chi connectivity index (χ1) is 17.5. The number of aryl methyl sites for hydroxylation is 1. The average molecular weight is 501 g/mol. The standard InChI is InChI=1S/C28H37FN2O5/c1-33-25-10-8-20(27(34-2)28(25)35-3)9-11-26(32)31-16-12-21(13-17-31)30-18-14-22(15-19-30)36-24-7-5-4-6-23(24)29/h4-8,10,21-22H,9,11-19H2,1-3H3. The van der Waals surface area contributed by atoms with E-state index in [0.717, 1.165) is 57.4 Å². The molecule has 0 atom stereocenters. The number of carbonyl (C=O) groups is 1. The van der Waals surface area contributed by atoms with Crippen molar-refractivity contribution in [2.75, 3.05) is 47.5 Å². The Hall–Kier alpha value is -3.00. The number of methoxy groups -OCH3 is 3. The molecular weight excluding hydrogens is 463 g/mol. The minimum absolute atomic E-state index is 0.0494. The summed E-state index contributed by atoms with van der Waals surface area (Å²) in [7, 11) is 4.77. The molecule has 2 aromatic rings. The lowest BCUT2D eigenvalue weighted by Gasteiger charge is -2.41. The Labute approximate surface area is 213 Å². The van der Waals surface area contributed by atoms with Gasteiger partial charge in [-0.1, -0.05) is 18.2 Å². The molecule has 1 amide bonds. The number of halogens is 1. The Kier molecular flexibility index (Phi) is 8.91. The van der Waals surface area contributed by atoms with Crippen molar-refractivity contribution < 1.29 is 28.1 Å². The Morgan fingerprint density at radius 1 is 0.861 bits per heavy atom. The van der Waals surface area contributed by atoms with Crippen molar-refractivity contribution >= 4 is 5.91 Å². The maximum atomic E-state index is 13.9. The monoisotopic (exact) mass is 500 g/mol. The zero-order chi connectivity index (χ0) is 25.5. The number of ether oxygens (including phenoxy) is 4. The molecule has 2 aliphatic heterocycles. The number of piperidine rings is 2. The zero-order valence-electron chi connectivity index (χ0n) is 21.5. The fourth-order valence-electron chi connectivity index (χ4n) is 5.32. The van der Waals surface area contributed by atoms with Crippen molar-refractivity contribution in [1.29, 1.82) is 0 Å². The van der Waals surface area contributed by atoms with Gasteiger partial charge in [-0.25, -0.2) is 4.39 Å². The summed E-state index contributed by atoms with van der Waals surface area (Å²) in [4.78, 5) is 17.4. The van der Waals surface area contributed by atoms with E-state index in [0.29, 0.717) is 41.9 Å². The Bertz CT molecular complexity index is 1020. The van der Waals surface area contributed by atoms with Crippen LogP contribution in [0.1, 0.15) is 37.7 Å². The van der Waals surface area contributed by atoms with E-state index in [4.69, 9.17) is 18.9 Å². The third-order valence-electron chi connectivity index (χ3n) is 7.33. The second kappa shape index (κ2) is 12.3. The van der Waals surface area contributed by atoms with Gasteiger partial charge in [-0.15, -0.1) is 0 Å². The van der Waals surface area contributed by atoms with Crippen LogP contribution in [-0.4, -0.2) is 75.4 Å². The summed E-state index contributed by atoms with van der Waals surface area (Å²) in [5, 5.41) is 0. The van der Waals surface area contributed by atoms with Gasteiger partial charge in [0, 0.05) is 38.6 Å². The van der Waals surface area contributed by atoms with Gasteiger partial charge in [0.05, 0.1) is 21.3 Å². The molecule has 2 heterocycles. The highest BCUT2D eigenvalue weighted by Gasteiger charge is 2.30. The second-order valence-electron chi connectivity index (χ2n) is 9.39. The van der Waals surface area contributed by atoms with Crippen LogP contribution in [-0.2, 0) is 11.2 Å². The molecule has 2 aromatic carbocycles. The van der Waals surface area contributed by atoms with Crippen LogP contribution >= 0.6 is 0 Å². The quantitative estimate of drug-likeness (QED) is 0.511. The molecule has 0 saturated carbocycles. The predicted molar refractivity (Wildman–Crippen MR) is 136 cm³/mol. The van der Waals surface area contributed by atoms with Crippen molar-refractivity contribution in [3.63, 3.8) is 0 Å². The number of hydrogen-bond donors (Lipinski definition) is 0. The lowest BCUT2D eigenvalue weighted by molar-refractivity contribution is -0.132. The van der Waals surface area contributed by atoms with Crippen molar-refractivity contribution in [3.8, 4) is 23.0 Å². The van der Waals surface area contributed by atoms with E-state index >= 15 is 0 Å².